The van der Waals surface area contributed by atoms with Crippen molar-refractivity contribution in [2.24, 2.45) is 0 Å². The molecule has 1 fully saturated rings. The van der Waals surface area contributed by atoms with Crippen LogP contribution in [0.3, 0.4) is 0 Å². The summed E-state index contributed by atoms with van der Waals surface area (Å²) in [5.41, 5.74) is 1.80. The van der Waals surface area contributed by atoms with Crippen LogP contribution >= 0.6 is 11.3 Å². The number of thiophene rings is 1. The molecular formula is C21H27N3O2S. The average Bonchev–Trinajstić information content (AvgIpc) is 3.19. The Labute approximate surface area is 164 Å². The molecule has 2 N–H and O–H groups in total. The first-order valence-electron chi connectivity index (χ1n) is 9.49. The van der Waals surface area contributed by atoms with E-state index in [1.165, 1.54) is 0 Å². The van der Waals surface area contributed by atoms with Gasteiger partial charge in [-0.1, -0.05) is 18.2 Å². The molecule has 3 amide bonds. The van der Waals surface area contributed by atoms with Gasteiger partial charge in [0, 0.05) is 35.5 Å². The van der Waals surface area contributed by atoms with Crippen molar-refractivity contribution in [3.63, 3.8) is 0 Å². The normalized spacial score (nSPS) is 17.0. The van der Waals surface area contributed by atoms with Crippen LogP contribution in [0.25, 0.3) is 0 Å². The standard InChI is InChI=1S/C21H27N3O2S/c1-15(2)23-21(26)24-10-4-8-18(14-24)16-6-3-7-17(12-16)20(25)22-13-19-9-5-11-27-19/h3,5-7,9,11-12,15,18H,4,8,10,13-14H2,1-2H3,(H,22,25)(H,23,26). The Morgan fingerprint density at radius 1 is 1.26 bits per heavy atom. The van der Waals surface area contributed by atoms with E-state index in [0.717, 1.165) is 29.8 Å². The van der Waals surface area contributed by atoms with E-state index in [9.17, 15) is 9.59 Å². The molecule has 0 aliphatic carbocycles. The fraction of sp³-hybridized carbons (Fsp3) is 0.429. The highest BCUT2D eigenvalue weighted by molar-refractivity contribution is 7.09. The lowest BCUT2D eigenvalue weighted by molar-refractivity contribution is 0.0951. The zero-order valence-corrected chi connectivity index (χ0v) is 16.7. The van der Waals surface area contributed by atoms with Gasteiger partial charge < -0.3 is 15.5 Å². The lowest BCUT2D eigenvalue weighted by Crippen LogP contribution is -2.47. The molecule has 5 nitrogen and oxygen atoms in total. The summed E-state index contributed by atoms with van der Waals surface area (Å²) in [4.78, 5) is 27.8. The topological polar surface area (TPSA) is 61.4 Å². The number of amides is 3. The predicted octanol–water partition coefficient (Wildman–Crippen LogP) is 3.98. The van der Waals surface area contributed by atoms with Crippen LogP contribution in [0, 0.1) is 0 Å². The minimum atomic E-state index is -0.0598. The molecular weight excluding hydrogens is 358 g/mol. The second-order valence-corrected chi connectivity index (χ2v) is 8.31. The number of nitrogens with zero attached hydrogens (tertiary/aromatic N) is 1. The van der Waals surface area contributed by atoms with Crippen molar-refractivity contribution in [3.05, 3.63) is 57.8 Å². The van der Waals surface area contributed by atoms with Crippen molar-refractivity contribution < 1.29 is 9.59 Å². The number of carbonyl (C=O) groups excluding carboxylic acids is 2. The van der Waals surface area contributed by atoms with E-state index in [4.69, 9.17) is 0 Å². The van der Waals surface area contributed by atoms with Crippen LogP contribution in [0.4, 0.5) is 4.79 Å². The molecule has 0 spiro atoms. The number of benzene rings is 1. The average molecular weight is 386 g/mol. The third-order valence-corrected chi connectivity index (χ3v) is 5.62. The van der Waals surface area contributed by atoms with Gasteiger partial charge in [0.05, 0.1) is 6.54 Å². The summed E-state index contributed by atoms with van der Waals surface area (Å²) in [6.07, 6.45) is 2.01. The van der Waals surface area contributed by atoms with E-state index < -0.39 is 0 Å². The Balaban J connectivity index is 1.63. The first-order valence-corrected chi connectivity index (χ1v) is 10.4. The summed E-state index contributed by atoms with van der Waals surface area (Å²) in [5.74, 6) is 0.206. The second-order valence-electron chi connectivity index (χ2n) is 7.28. The van der Waals surface area contributed by atoms with Crippen molar-refractivity contribution in [2.75, 3.05) is 13.1 Å². The van der Waals surface area contributed by atoms with Gasteiger partial charge in [-0.2, -0.15) is 0 Å². The molecule has 1 atom stereocenters. The maximum atomic E-state index is 12.5. The number of hydrogen-bond acceptors (Lipinski definition) is 3. The second kappa shape index (κ2) is 9.04. The Morgan fingerprint density at radius 2 is 2.11 bits per heavy atom. The van der Waals surface area contributed by atoms with Gasteiger partial charge in [0.25, 0.3) is 5.91 Å². The molecule has 1 saturated heterocycles. The highest BCUT2D eigenvalue weighted by Crippen LogP contribution is 2.27. The molecule has 2 aromatic rings. The SMILES string of the molecule is CC(C)NC(=O)N1CCCC(c2cccc(C(=O)NCc3cccs3)c2)C1. The number of piperidine rings is 1. The van der Waals surface area contributed by atoms with Gasteiger partial charge in [-0.3, -0.25) is 4.79 Å². The fourth-order valence-corrected chi connectivity index (χ4v) is 4.03. The highest BCUT2D eigenvalue weighted by Gasteiger charge is 2.25. The van der Waals surface area contributed by atoms with Gasteiger partial charge >= 0.3 is 6.03 Å². The predicted molar refractivity (Wildman–Crippen MR) is 109 cm³/mol. The quantitative estimate of drug-likeness (QED) is 0.818. The van der Waals surface area contributed by atoms with Crippen molar-refractivity contribution in [1.82, 2.24) is 15.5 Å². The van der Waals surface area contributed by atoms with E-state index in [2.05, 4.69) is 16.7 Å². The zero-order valence-electron chi connectivity index (χ0n) is 15.9. The number of nitrogens with one attached hydrogen (secondary N) is 2. The molecule has 1 aromatic heterocycles. The first kappa shape index (κ1) is 19.4. The summed E-state index contributed by atoms with van der Waals surface area (Å²) in [5, 5.41) is 7.95. The molecule has 0 saturated carbocycles. The molecule has 27 heavy (non-hydrogen) atoms. The molecule has 0 radical (unpaired) electrons. The number of carbonyl (C=O) groups is 2. The van der Waals surface area contributed by atoms with Crippen LogP contribution in [-0.4, -0.2) is 36.0 Å². The highest BCUT2D eigenvalue weighted by atomic mass is 32.1. The van der Waals surface area contributed by atoms with Crippen LogP contribution < -0.4 is 10.6 Å². The molecule has 1 unspecified atom stereocenters. The fourth-order valence-electron chi connectivity index (χ4n) is 3.39. The van der Waals surface area contributed by atoms with Gasteiger partial charge in [0.1, 0.15) is 0 Å². The Kier molecular flexibility index (Phi) is 6.50. The Bertz CT molecular complexity index is 773. The summed E-state index contributed by atoms with van der Waals surface area (Å²) >= 11 is 1.63. The number of rotatable bonds is 5. The molecule has 2 heterocycles. The monoisotopic (exact) mass is 385 g/mol. The summed E-state index contributed by atoms with van der Waals surface area (Å²) in [7, 11) is 0. The lowest BCUT2D eigenvalue weighted by Gasteiger charge is -2.33. The number of urea groups is 1. The summed E-state index contributed by atoms with van der Waals surface area (Å²) in [6, 6.07) is 11.9. The molecule has 1 aromatic carbocycles. The van der Waals surface area contributed by atoms with Crippen LogP contribution in [0.2, 0.25) is 0 Å². The molecule has 1 aliphatic heterocycles. The Hall–Kier alpha value is -2.34. The van der Waals surface area contributed by atoms with Gasteiger partial charge in [0.2, 0.25) is 0 Å². The van der Waals surface area contributed by atoms with E-state index in [0.29, 0.717) is 18.7 Å². The van der Waals surface area contributed by atoms with Crippen molar-refractivity contribution in [2.45, 2.75) is 45.2 Å². The van der Waals surface area contributed by atoms with Crippen LogP contribution in [0.5, 0.6) is 0 Å². The largest absolute Gasteiger partial charge is 0.347 e. The van der Waals surface area contributed by atoms with Gasteiger partial charge in [0.15, 0.2) is 0 Å². The summed E-state index contributed by atoms with van der Waals surface area (Å²) < 4.78 is 0. The molecule has 6 heteroatoms. The minimum Gasteiger partial charge on any atom is -0.347 e. The van der Waals surface area contributed by atoms with E-state index in [1.807, 2.05) is 54.5 Å². The molecule has 0 bridgehead atoms. The molecule has 1 aliphatic rings. The van der Waals surface area contributed by atoms with E-state index in [1.54, 1.807) is 11.3 Å². The van der Waals surface area contributed by atoms with Gasteiger partial charge in [-0.15, -0.1) is 11.3 Å². The van der Waals surface area contributed by atoms with E-state index >= 15 is 0 Å². The first-order chi connectivity index (χ1) is 13.0. The third kappa shape index (κ3) is 5.32. The Morgan fingerprint density at radius 3 is 2.85 bits per heavy atom. The maximum absolute atomic E-state index is 12.5. The number of hydrogen-bond donors (Lipinski definition) is 2. The van der Waals surface area contributed by atoms with Crippen LogP contribution in [0.15, 0.2) is 41.8 Å². The maximum Gasteiger partial charge on any atom is 0.317 e. The van der Waals surface area contributed by atoms with Crippen LogP contribution in [-0.2, 0) is 6.54 Å². The van der Waals surface area contributed by atoms with E-state index in [-0.39, 0.29) is 23.9 Å². The van der Waals surface area contributed by atoms with Crippen molar-refractivity contribution >= 4 is 23.3 Å². The molecule has 3 rings (SSSR count). The lowest BCUT2D eigenvalue weighted by atomic mass is 9.89. The molecule has 144 valence electrons. The van der Waals surface area contributed by atoms with Crippen molar-refractivity contribution in [1.29, 1.82) is 0 Å². The van der Waals surface area contributed by atoms with Gasteiger partial charge in [-0.05, 0) is 55.8 Å². The minimum absolute atomic E-state index is 0.000421. The van der Waals surface area contributed by atoms with Crippen LogP contribution in [0.1, 0.15) is 53.4 Å². The number of likely N-dealkylation sites (tertiary alicyclic amines) is 1. The zero-order chi connectivity index (χ0) is 19.2. The van der Waals surface area contributed by atoms with Crippen molar-refractivity contribution in [3.8, 4) is 0 Å². The smallest absolute Gasteiger partial charge is 0.317 e. The van der Waals surface area contributed by atoms with Gasteiger partial charge in [-0.25, -0.2) is 4.79 Å². The third-order valence-electron chi connectivity index (χ3n) is 4.74. The summed E-state index contributed by atoms with van der Waals surface area (Å²) in [6.45, 7) is 5.97.